The van der Waals surface area contributed by atoms with Crippen molar-refractivity contribution in [3.63, 3.8) is 0 Å². The molecule has 102 valence electrons. The summed E-state index contributed by atoms with van der Waals surface area (Å²) in [5.41, 5.74) is 0. The smallest absolute Gasteiger partial charge is 0.0857 e. The molecule has 1 fully saturated rings. The molecule has 0 saturated carbocycles. The lowest BCUT2D eigenvalue weighted by Gasteiger charge is -2.39. The van der Waals surface area contributed by atoms with Crippen molar-refractivity contribution in [3.8, 4) is 0 Å². The van der Waals surface area contributed by atoms with Crippen molar-refractivity contribution >= 4 is 0 Å². The molecular weight excluding hydrogens is 212 g/mol. The SMILES string of the molecule is CCNC(C(CC)CC)C1CN(CC)CCO1. The zero-order valence-corrected chi connectivity index (χ0v) is 12.0. The molecule has 3 nitrogen and oxygen atoms in total. The van der Waals surface area contributed by atoms with Crippen molar-refractivity contribution in [2.45, 2.75) is 52.7 Å². The Balaban J connectivity index is 2.61. The third kappa shape index (κ3) is 4.23. The number of hydrogen-bond acceptors (Lipinski definition) is 3. The fraction of sp³-hybridized carbons (Fsp3) is 1.00. The van der Waals surface area contributed by atoms with Gasteiger partial charge in [0.05, 0.1) is 12.7 Å². The normalized spacial score (nSPS) is 24.2. The van der Waals surface area contributed by atoms with E-state index < -0.39 is 0 Å². The highest BCUT2D eigenvalue weighted by Crippen LogP contribution is 2.20. The van der Waals surface area contributed by atoms with E-state index in [2.05, 4.69) is 37.9 Å². The Morgan fingerprint density at radius 1 is 1.24 bits per heavy atom. The van der Waals surface area contributed by atoms with E-state index in [9.17, 15) is 0 Å². The van der Waals surface area contributed by atoms with E-state index in [-0.39, 0.29) is 0 Å². The maximum atomic E-state index is 6.01. The molecule has 1 saturated heterocycles. The molecule has 0 radical (unpaired) electrons. The van der Waals surface area contributed by atoms with Gasteiger partial charge in [0.1, 0.15) is 0 Å². The van der Waals surface area contributed by atoms with Crippen LogP contribution in [-0.4, -0.2) is 49.8 Å². The van der Waals surface area contributed by atoms with Crippen molar-refractivity contribution in [2.24, 2.45) is 5.92 Å². The van der Waals surface area contributed by atoms with Gasteiger partial charge in [0.15, 0.2) is 0 Å². The second-order valence-corrected chi connectivity index (χ2v) is 4.96. The highest BCUT2D eigenvalue weighted by Gasteiger charge is 2.31. The zero-order chi connectivity index (χ0) is 12.7. The van der Waals surface area contributed by atoms with Crippen LogP contribution in [0.5, 0.6) is 0 Å². The number of rotatable bonds is 7. The highest BCUT2D eigenvalue weighted by atomic mass is 16.5. The van der Waals surface area contributed by atoms with E-state index in [1.807, 2.05) is 0 Å². The lowest BCUT2D eigenvalue weighted by molar-refractivity contribution is -0.0555. The van der Waals surface area contributed by atoms with Gasteiger partial charge in [0.2, 0.25) is 0 Å². The van der Waals surface area contributed by atoms with Gasteiger partial charge in [-0.2, -0.15) is 0 Å². The van der Waals surface area contributed by atoms with Crippen LogP contribution in [0.15, 0.2) is 0 Å². The summed E-state index contributed by atoms with van der Waals surface area (Å²) in [7, 11) is 0. The van der Waals surface area contributed by atoms with Crippen molar-refractivity contribution in [2.75, 3.05) is 32.8 Å². The molecule has 1 aliphatic rings. The maximum Gasteiger partial charge on any atom is 0.0857 e. The van der Waals surface area contributed by atoms with Gasteiger partial charge in [-0.05, 0) is 19.0 Å². The predicted octanol–water partition coefficient (Wildman–Crippen LogP) is 2.12. The van der Waals surface area contributed by atoms with E-state index in [4.69, 9.17) is 4.74 Å². The van der Waals surface area contributed by atoms with Crippen LogP contribution in [0.2, 0.25) is 0 Å². The monoisotopic (exact) mass is 242 g/mol. The van der Waals surface area contributed by atoms with E-state index >= 15 is 0 Å². The Labute approximate surface area is 107 Å². The summed E-state index contributed by atoms with van der Waals surface area (Å²) in [6, 6.07) is 0.518. The van der Waals surface area contributed by atoms with Gasteiger partial charge in [0.25, 0.3) is 0 Å². The second-order valence-electron chi connectivity index (χ2n) is 4.96. The molecular formula is C14H30N2O. The molecule has 0 aromatic rings. The molecule has 3 heteroatoms. The minimum atomic E-state index is 0.369. The average Bonchev–Trinajstić information content (AvgIpc) is 2.39. The number of morpholine rings is 1. The molecule has 0 aromatic carbocycles. The standard InChI is InChI=1S/C14H30N2O/c1-5-12(6-2)14(15-7-3)13-11-16(8-4)9-10-17-13/h12-15H,5-11H2,1-4H3. The van der Waals surface area contributed by atoms with Crippen molar-refractivity contribution in [1.29, 1.82) is 0 Å². The van der Waals surface area contributed by atoms with Crippen molar-refractivity contribution < 1.29 is 4.74 Å². The second kappa shape index (κ2) is 8.06. The molecule has 1 heterocycles. The van der Waals surface area contributed by atoms with Gasteiger partial charge in [0, 0.05) is 19.1 Å². The first kappa shape index (κ1) is 14.9. The van der Waals surface area contributed by atoms with E-state index in [1.165, 1.54) is 12.8 Å². The summed E-state index contributed by atoms with van der Waals surface area (Å²) < 4.78 is 6.01. The van der Waals surface area contributed by atoms with E-state index in [0.29, 0.717) is 12.1 Å². The van der Waals surface area contributed by atoms with Crippen molar-refractivity contribution in [3.05, 3.63) is 0 Å². The summed E-state index contributed by atoms with van der Waals surface area (Å²) in [6.07, 6.45) is 2.84. The molecule has 17 heavy (non-hydrogen) atoms. The zero-order valence-electron chi connectivity index (χ0n) is 12.0. The minimum absolute atomic E-state index is 0.369. The van der Waals surface area contributed by atoms with E-state index in [1.54, 1.807) is 0 Å². The summed E-state index contributed by atoms with van der Waals surface area (Å²) in [4.78, 5) is 2.50. The average molecular weight is 242 g/mol. The molecule has 2 unspecified atom stereocenters. The van der Waals surface area contributed by atoms with Crippen LogP contribution in [-0.2, 0) is 4.74 Å². The molecule has 1 rings (SSSR count). The Bertz CT molecular complexity index is 195. The van der Waals surface area contributed by atoms with Crippen LogP contribution in [0.4, 0.5) is 0 Å². The van der Waals surface area contributed by atoms with Crippen LogP contribution in [0.1, 0.15) is 40.5 Å². The summed E-state index contributed by atoms with van der Waals surface area (Å²) >= 11 is 0. The molecule has 0 spiro atoms. The van der Waals surface area contributed by atoms with Gasteiger partial charge in [-0.1, -0.05) is 40.5 Å². The first-order chi connectivity index (χ1) is 8.26. The van der Waals surface area contributed by atoms with Gasteiger partial charge in [-0.25, -0.2) is 0 Å². The lowest BCUT2D eigenvalue weighted by atomic mass is 9.89. The first-order valence-corrected chi connectivity index (χ1v) is 7.34. The maximum absolute atomic E-state index is 6.01. The number of nitrogens with zero attached hydrogens (tertiary/aromatic N) is 1. The van der Waals surface area contributed by atoms with Crippen LogP contribution < -0.4 is 5.32 Å². The Morgan fingerprint density at radius 2 is 1.94 bits per heavy atom. The number of nitrogens with one attached hydrogen (secondary N) is 1. The molecule has 1 N–H and O–H groups in total. The Morgan fingerprint density at radius 3 is 2.47 bits per heavy atom. The molecule has 0 amide bonds. The van der Waals surface area contributed by atoms with Crippen molar-refractivity contribution in [1.82, 2.24) is 10.2 Å². The quantitative estimate of drug-likeness (QED) is 0.740. The third-order valence-corrected chi connectivity index (χ3v) is 4.02. The highest BCUT2D eigenvalue weighted by molar-refractivity contribution is 4.86. The number of hydrogen-bond donors (Lipinski definition) is 1. The fourth-order valence-corrected chi connectivity index (χ4v) is 2.87. The van der Waals surface area contributed by atoms with Gasteiger partial charge in [-0.3, -0.25) is 4.90 Å². The van der Waals surface area contributed by atoms with Gasteiger partial charge >= 0.3 is 0 Å². The molecule has 1 aliphatic heterocycles. The molecule has 0 bridgehead atoms. The predicted molar refractivity (Wildman–Crippen MR) is 73.4 cm³/mol. The van der Waals surface area contributed by atoms with Gasteiger partial charge in [-0.15, -0.1) is 0 Å². The molecule has 2 atom stereocenters. The first-order valence-electron chi connectivity index (χ1n) is 7.34. The topological polar surface area (TPSA) is 24.5 Å². The Hall–Kier alpha value is -0.120. The number of ether oxygens (including phenoxy) is 1. The Kier molecular flexibility index (Phi) is 7.09. The van der Waals surface area contributed by atoms with Crippen LogP contribution in [0.3, 0.4) is 0 Å². The third-order valence-electron chi connectivity index (χ3n) is 4.02. The molecule has 0 aromatic heterocycles. The van der Waals surface area contributed by atoms with Gasteiger partial charge < -0.3 is 10.1 Å². The number of likely N-dealkylation sites (N-methyl/N-ethyl adjacent to an activating group) is 2. The summed E-state index contributed by atoms with van der Waals surface area (Å²) in [6.45, 7) is 14.3. The summed E-state index contributed by atoms with van der Waals surface area (Å²) in [5.74, 6) is 0.733. The van der Waals surface area contributed by atoms with E-state index in [0.717, 1.165) is 38.7 Å². The van der Waals surface area contributed by atoms with Crippen LogP contribution in [0.25, 0.3) is 0 Å². The largest absolute Gasteiger partial charge is 0.374 e. The molecule has 0 aliphatic carbocycles. The lowest BCUT2D eigenvalue weighted by Crippen LogP contribution is -2.54. The summed E-state index contributed by atoms with van der Waals surface area (Å²) in [5, 5.41) is 3.65. The van der Waals surface area contributed by atoms with Crippen LogP contribution in [0, 0.1) is 5.92 Å². The fourth-order valence-electron chi connectivity index (χ4n) is 2.87. The minimum Gasteiger partial charge on any atom is -0.374 e. The van der Waals surface area contributed by atoms with Crippen LogP contribution >= 0.6 is 0 Å².